The van der Waals surface area contributed by atoms with Gasteiger partial charge < -0.3 is 4.74 Å². The SMILES string of the molecule is Cl.O=S(=O)(NCC1(N2CCOCC2)CCCCC1)c1cccc2nsnc12. The number of benzene rings is 1. The third-order valence-corrected chi connectivity index (χ3v) is 7.57. The van der Waals surface area contributed by atoms with Crippen molar-refractivity contribution in [2.45, 2.75) is 42.5 Å². The number of nitrogens with one attached hydrogen (secondary N) is 1. The highest BCUT2D eigenvalue weighted by atomic mass is 35.5. The lowest BCUT2D eigenvalue weighted by Crippen LogP contribution is -2.59. The predicted octanol–water partition coefficient (Wildman–Crippen LogP) is 2.43. The summed E-state index contributed by atoms with van der Waals surface area (Å²) < 4.78 is 42.7. The van der Waals surface area contributed by atoms with E-state index in [-0.39, 0.29) is 22.8 Å². The van der Waals surface area contributed by atoms with E-state index in [2.05, 4.69) is 18.4 Å². The van der Waals surface area contributed by atoms with Crippen molar-refractivity contribution in [3.63, 3.8) is 0 Å². The summed E-state index contributed by atoms with van der Waals surface area (Å²) in [5.74, 6) is 0. The molecule has 150 valence electrons. The quantitative estimate of drug-likeness (QED) is 0.781. The second-order valence-corrected chi connectivity index (χ2v) is 9.36. The zero-order chi connectivity index (χ0) is 18.0. The highest BCUT2D eigenvalue weighted by Gasteiger charge is 2.39. The molecule has 7 nitrogen and oxygen atoms in total. The first-order valence-electron chi connectivity index (χ1n) is 9.15. The zero-order valence-electron chi connectivity index (χ0n) is 15.1. The number of ether oxygens (including phenoxy) is 1. The summed E-state index contributed by atoms with van der Waals surface area (Å²) in [5.41, 5.74) is 0.969. The molecule has 2 heterocycles. The molecule has 0 bridgehead atoms. The Labute approximate surface area is 170 Å². The fraction of sp³-hybridized carbons (Fsp3) is 0.647. The van der Waals surface area contributed by atoms with Crippen LogP contribution < -0.4 is 4.72 Å². The summed E-state index contributed by atoms with van der Waals surface area (Å²) in [6.07, 6.45) is 5.56. The molecule has 2 aliphatic rings. The molecule has 1 saturated carbocycles. The molecule has 1 saturated heterocycles. The van der Waals surface area contributed by atoms with Crippen LogP contribution >= 0.6 is 24.1 Å². The van der Waals surface area contributed by atoms with Crippen LogP contribution in [0.2, 0.25) is 0 Å². The Morgan fingerprint density at radius 3 is 2.63 bits per heavy atom. The lowest BCUT2D eigenvalue weighted by Gasteiger charge is -2.48. The van der Waals surface area contributed by atoms with Gasteiger partial charge in [0.1, 0.15) is 15.9 Å². The van der Waals surface area contributed by atoms with Gasteiger partial charge in [-0.2, -0.15) is 8.75 Å². The highest BCUT2D eigenvalue weighted by molar-refractivity contribution is 7.89. The molecule has 0 radical (unpaired) electrons. The minimum Gasteiger partial charge on any atom is -0.379 e. The molecule has 10 heteroatoms. The number of morpholine rings is 1. The first-order valence-corrected chi connectivity index (χ1v) is 11.4. The van der Waals surface area contributed by atoms with E-state index in [1.54, 1.807) is 18.2 Å². The van der Waals surface area contributed by atoms with Gasteiger partial charge in [0.25, 0.3) is 0 Å². The number of sulfonamides is 1. The summed E-state index contributed by atoms with van der Waals surface area (Å²) in [6.45, 7) is 3.61. The Kier molecular flexibility index (Phi) is 6.70. The standard InChI is InChI=1S/C17H24N4O3S2.ClH/c22-26(23,15-6-4-5-14-16(15)20-25-19-14)18-13-17(7-2-1-3-8-17)21-9-11-24-12-10-21;/h4-6,18H,1-3,7-13H2;1H. The van der Waals surface area contributed by atoms with Gasteiger partial charge in [-0.3, -0.25) is 4.90 Å². The van der Waals surface area contributed by atoms with Crippen molar-refractivity contribution < 1.29 is 13.2 Å². The van der Waals surface area contributed by atoms with Gasteiger partial charge >= 0.3 is 0 Å². The van der Waals surface area contributed by atoms with Gasteiger partial charge in [-0.1, -0.05) is 25.3 Å². The van der Waals surface area contributed by atoms with Gasteiger partial charge in [0.2, 0.25) is 10.0 Å². The molecular formula is C17H25ClN4O3S2. The van der Waals surface area contributed by atoms with Gasteiger partial charge in [-0.15, -0.1) is 12.4 Å². The van der Waals surface area contributed by atoms with Crippen LogP contribution in [0.3, 0.4) is 0 Å². The Morgan fingerprint density at radius 1 is 1.15 bits per heavy atom. The number of hydrogen-bond donors (Lipinski definition) is 1. The van der Waals surface area contributed by atoms with E-state index in [1.807, 2.05) is 0 Å². The molecule has 1 N–H and O–H groups in total. The number of hydrogen-bond acceptors (Lipinski definition) is 7. The topological polar surface area (TPSA) is 84.4 Å². The normalized spacial score (nSPS) is 21.0. The Hall–Kier alpha value is -0.840. The van der Waals surface area contributed by atoms with E-state index in [0.29, 0.717) is 17.6 Å². The van der Waals surface area contributed by atoms with Gasteiger partial charge in [-0.25, -0.2) is 13.1 Å². The van der Waals surface area contributed by atoms with Gasteiger partial charge in [0, 0.05) is 25.2 Å². The predicted molar refractivity (Wildman–Crippen MR) is 108 cm³/mol. The van der Waals surface area contributed by atoms with Crippen LogP contribution in [0, 0.1) is 0 Å². The van der Waals surface area contributed by atoms with E-state index in [1.165, 1.54) is 6.42 Å². The van der Waals surface area contributed by atoms with E-state index in [0.717, 1.165) is 63.7 Å². The fourth-order valence-electron chi connectivity index (χ4n) is 4.16. The molecule has 1 aromatic carbocycles. The molecule has 1 aromatic heterocycles. The fourth-order valence-corrected chi connectivity index (χ4v) is 6.04. The van der Waals surface area contributed by atoms with Crippen molar-refractivity contribution in [1.29, 1.82) is 0 Å². The van der Waals surface area contributed by atoms with Gasteiger partial charge in [0.05, 0.1) is 24.9 Å². The van der Waals surface area contributed by atoms with Crippen LogP contribution in [-0.2, 0) is 14.8 Å². The summed E-state index contributed by atoms with van der Waals surface area (Å²) in [6, 6.07) is 5.11. The van der Waals surface area contributed by atoms with Crippen LogP contribution in [-0.4, -0.2) is 60.5 Å². The number of aromatic nitrogens is 2. The van der Waals surface area contributed by atoms with E-state index in [4.69, 9.17) is 4.74 Å². The van der Waals surface area contributed by atoms with Crippen LogP contribution in [0.25, 0.3) is 11.0 Å². The number of fused-ring (bicyclic) bond motifs is 1. The van der Waals surface area contributed by atoms with Crippen LogP contribution in [0.1, 0.15) is 32.1 Å². The summed E-state index contributed by atoms with van der Waals surface area (Å²) in [5, 5.41) is 0. The van der Waals surface area contributed by atoms with Crippen molar-refractivity contribution in [1.82, 2.24) is 18.4 Å². The number of rotatable bonds is 5. The van der Waals surface area contributed by atoms with Crippen molar-refractivity contribution in [3.8, 4) is 0 Å². The largest absolute Gasteiger partial charge is 0.379 e. The molecule has 0 spiro atoms. The summed E-state index contributed by atoms with van der Waals surface area (Å²) >= 11 is 1.04. The van der Waals surface area contributed by atoms with Gasteiger partial charge in [0.15, 0.2) is 0 Å². The molecule has 1 aliphatic carbocycles. The maximum absolute atomic E-state index is 13.0. The average molecular weight is 433 g/mol. The highest BCUT2D eigenvalue weighted by Crippen LogP contribution is 2.34. The molecule has 0 atom stereocenters. The monoisotopic (exact) mass is 432 g/mol. The maximum Gasteiger partial charge on any atom is 0.242 e. The van der Waals surface area contributed by atoms with Gasteiger partial charge in [-0.05, 0) is 25.0 Å². The minimum absolute atomic E-state index is 0. The first-order chi connectivity index (χ1) is 12.6. The lowest BCUT2D eigenvalue weighted by atomic mass is 9.80. The molecule has 27 heavy (non-hydrogen) atoms. The van der Waals surface area contributed by atoms with Crippen LogP contribution in [0.5, 0.6) is 0 Å². The third kappa shape index (κ3) is 4.28. The first kappa shape index (κ1) is 20.9. The second-order valence-electron chi connectivity index (χ2n) is 7.10. The zero-order valence-corrected chi connectivity index (χ0v) is 17.5. The van der Waals surface area contributed by atoms with E-state index >= 15 is 0 Å². The summed E-state index contributed by atoms with van der Waals surface area (Å²) in [4.78, 5) is 2.65. The smallest absolute Gasteiger partial charge is 0.242 e. The van der Waals surface area contributed by atoms with E-state index in [9.17, 15) is 8.42 Å². The minimum atomic E-state index is -3.64. The van der Waals surface area contributed by atoms with Crippen molar-refractivity contribution >= 4 is 45.2 Å². The van der Waals surface area contributed by atoms with Crippen molar-refractivity contribution in [3.05, 3.63) is 18.2 Å². The Morgan fingerprint density at radius 2 is 1.89 bits per heavy atom. The average Bonchev–Trinajstić information content (AvgIpc) is 3.17. The molecule has 0 unspecified atom stereocenters. The Balaban J connectivity index is 0.00000210. The second kappa shape index (κ2) is 8.67. The Bertz CT molecular complexity index is 862. The number of halogens is 1. The molecule has 2 fully saturated rings. The maximum atomic E-state index is 13.0. The van der Waals surface area contributed by atoms with Crippen molar-refractivity contribution in [2.75, 3.05) is 32.8 Å². The van der Waals surface area contributed by atoms with Crippen molar-refractivity contribution in [2.24, 2.45) is 0 Å². The van der Waals surface area contributed by atoms with E-state index < -0.39 is 10.0 Å². The molecule has 4 rings (SSSR count). The third-order valence-electron chi connectivity index (χ3n) is 5.60. The molecular weight excluding hydrogens is 408 g/mol. The summed E-state index contributed by atoms with van der Waals surface area (Å²) in [7, 11) is -3.64. The lowest BCUT2D eigenvalue weighted by molar-refractivity contribution is -0.0348. The van der Waals surface area contributed by atoms with Crippen LogP contribution in [0.15, 0.2) is 23.1 Å². The molecule has 1 aliphatic heterocycles. The number of nitrogens with zero attached hydrogens (tertiary/aromatic N) is 3. The molecule has 0 amide bonds. The van der Waals surface area contributed by atoms with Crippen LogP contribution in [0.4, 0.5) is 0 Å². The molecule has 2 aromatic rings.